The van der Waals surface area contributed by atoms with E-state index < -0.39 is 6.10 Å². The fourth-order valence-electron chi connectivity index (χ4n) is 2.22. The molecule has 0 aliphatic carbocycles. The summed E-state index contributed by atoms with van der Waals surface area (Å²) in [7, 11) is 0. The number of aliphatic hydroxyl groups excluding tert-OH is 1. The SMILES string of the molecule is CCc1occc1C(O)c1cc2cccc(Cl)c2o1. The topological polar surface area (TPSA) is 46.5 Å². The van der Waals surface area contributed by atoms with Crippen LogP contribution in [0.5, 0.6) is 0 Å². The van der Waals surface area contributed by atoms with Crippen molar-refractivity contribution >= 4 is 22.6 Å². The average Bonchev–Trinajstić information content (AvgIpc) is 3.04. The van der Waals surface area contributed by atoms with Crippen LogP contribution in [-0.4, -0.2) is 5.11 Å². The number of rotatable bonds is 3. The molecule has 3 rings (SSSR count). The van der Waals surface area contributed by atoms with E-state index in [0.717, 1.165) is 23.1 Å². The van der Waals surface area contributed by atoms with Crippen molar-refractivity contribution in [3.8, 4) is 0 Å². The lowest BCUT2D eigenvalue weighted by Gasteiger charge is -2.06. The number of hydrogen-bond donors (Lipinski definition) is 1. The Morgan fingerprint density at radius 3 is 2.89 bits per heavy atom. The van der Waals surface area contributed by atoms with Gasteiger partial charge in [-0.3, -0.25) is 0 Å². The van der Waals surface area contributed by atoms with E-state index >= 15 is 0 Å². The fourth-order valence-corrected chi connectivity index (χ4v) is 2.44. The van der Waals surface area contributed by atoms with Gasteiger partial charge in [0.1, 0.15) is 17.6 Å². The summed E-state index contributed by atoms with van der Waals surface area (Å²) in [4.78, 5) is 0. The van der Waals surface area contributed by atoms with E-state index in [1.165, 1.54) is 0 Å². The Hall–Kier alpha value is -1.71. The summed E-state index contributed by atoms with van der Waals surface area (Å²) in [6, 6.07) is 9.08. The highest BCUT2D eigenvalue weighted by Gasteiger charge is 2.20. The Bertz CT molecular complexity index is 711. The third-order valence-electron chi connectivity index (χ3n) is 3.18. The summed E-state index contributed by atoms with van der Waals surface area (Å²) in [5.74, 6) is 1.23. The number of halogens is 1. The molecule has 0 aliphatic rings. The number of furan rings is 2. The summed E-state index contributed by atoms with van der Waals surface area (Å²) in [5, 5.41) is 11.8. The van der Waals surface area contributed by atoms with Gasteiger partial charge in [-0.1, -0.05) is 30.7 Å². The summed E-state index contributed by atoms with van der Waals surface area (Å²) < 4.78 is 11.0. The zero-order chi connectivity index (χ0) is 13.4. The van der Waals surface area contributed by atoms with Crippen LogP contribution in [0.15, 0.2) is 45.4 Å². The Kier molecular flexibility index (Phi) is 3.09. The van der Waals surface area contributed by atoms with Crippen LogP contribution in [0.2, 0.25) is 5.02 Å². The van der Waals surface area contributed by atoms with Crippen LogP contribution in [0.1, 0.15) is 30.1 Å². The van der Waals surface area contributed by atoms with Gasteiger partial charge in [0.15, 0.2) is 5.58 Å². The molecule has 0 saturated heterocycles. The minimum atomic E-state index is -0.836. The van der Waals surface area contributed by atoms with Crippen LogP contribution in [0.25, 0.3) is 11.0 Å². The first kappa shape index (κ1) is 12.3. The number of para-hydroxylation sites is 1. The molecule has 3 nitrogen and oxygen atoms in total. The van der Waals surface area contributed by atoms with Gasteiger partial charge < -0.3 is 13.9 Å². The van der Waals surface area contributed by atoms with E-state index in [9.17, 15) is 5.11 Å². The largest absolute Gasteiger partial charge is 0.469 e. The quantitative estimate of drug-likeness (QED) is 0.775. The molecule has 1 N–H and O–H groups in total. The first-order chi connectivity index (χ1) is 9.20. The highest BCUT2D eigenvalue weighted by Crippen LogP contribution is 2.33. The van der Waals surface area contributed by atoms with Crippen molar-refractivity contribution in [3.63, 3.8) is 0 Å². The van der Waals surface area contributed by atoms with Gasteiger partial charge in [-0.15, -0.1) is 0 Å². The average molecular weight is 277 g/mol. The Balaban J connectivity index is 2.07. The zero-order valence-corrected chi connectivity index (χ0v) is 11.1. The molecule has 0 saturated carbocycles. The molecular formula is C15H13ClO3. The molecule has 0 aliphatic heterocycles. The van der Waals surface area contributed by atoms with Crippen LogP contribution in [0.4, 0.5) is 0 Å². The molecule has 0 spiro atoms. The third-order valence-corrected chi connectivity index (χ3v) is 3.48. The van der Waals surface area contributed by atoms with E-state index in [-0.39, 0.29) is 0 Å². The van der Waals surface area contributed by atoms with Gasteiger partial charge in [0.2, 0.25) is 0 Å². The highest BCUT2D eigenvalue weighted by molar-refractivity contribution is 6.34. The second kappa shape index (κ2) is 4.76. The molecule has 0 fully saturated rings. The summed E-state index contributed by atoms with van der Waals surface area (Å²) >= 11 is 6.06. The second-order valence-corrected chi connectivity index (χ2v) is 4.77. The molecule has 0 radical (unpaired) electrons. The first-order valence-electron chi connectivity index (χ1n) is 6.13. The molecule has 1 atom stereocenters. The van der Waals surface area contributed by atoms with E-state index in [2.05, 4.69) is 0 Å². The van der Waals surface area contributed by atoms with Gasteiger partial charge in [-0.25, -0.2) is 0 Å². The van der Waals surface area contributed by atoms with Crippen LogP contribution in [0, 0.1) is 0 Å². The molecule has 4 heteroatoms. The van der Waals surface area contributed by atoms with Crippen molar-refractivity contribution in [1.29, 1.82) is 0 Å². The predicted molar refractivity (Wildman–Crippen MR) is 73.4 cm³/mol. The van der Waals surface area contributed by atoms with E-state index in [4.69, 9.17) is 20.4 Å². The number of benzene rings is 1. The Morgan fingerprint density at radius 1 is 1.32 bits per heavy atom. The van der Waals surface area contributed by atoms with Crippen molar-refractivity contribution < 1.29 is 13.9 Å². The second-order valence-electron chi connectivity index (χ2n) is 4.36. The van der Waals surface area contributed by atoms with Crippen molar-refractivity contribution in [1.82, 2.24) is 0 Å². The van der Waals surface area contributed by atoms with Crippen LogP contribution < -0.4 is 0 Å². The Labute approximate surface area is 115 Å². The van der Waals surface area contributed by atoms with Crippen LogP contribution in [0.3, 0.4) is 0 Å². The van der Waals surface area contributed by atoms with Gasteiger partial charge in [-0.2, -0.15) is 0 Å². The first-order valence-corrected chi connectivity index (χ1v) is 6.50. The molecule has 0 bridgehead atoms. The molecule has 2 heterocycles. The normalized spacial score (nSPS) is 13.0. The molecular weight excluding hydrogens is 264 g/mol. The lowest BCUT2D eigenvalue weighted by Crippen LogP contribution is -1.99. The lowest BCUT2D eigenvalue weighted by atomic mass is 10.1. The minimum absolute atomic E-state index is 0.471. The minimum Gasteiger partial charge on any atom is -0.469 e. The molecule has 98 valence electrons. The maximum absolute atomic E-state index is 10.4. The molecule has 1 aromatic carbocycles. The van der Waals surface area contributed by atoms with Gasteiger partial charge in [0, 0.05) is 17.4 Å². The number of aryl methyl sites for hydroxylation is 1. The summed E-state index contributed by atoms with van der Waals surface area (Å²) in [6.45, 7) is 1.98. The molecule has 0 amide bonds. The van der Waals surface area contributed by atoms with Gasteiger partial charge in [-0.05, 0) is 18.2 Å². The maximum Gasteiger partial charge on any atom is 0.153 e. The van der Waals surface area contributed by atoms with E-state index in [1.807, 2.05) is 19.1 Å². The summed E-state index contributed by atoms with van der Waals surface area (Å²) in [5.41, 5.74) is 1.33. The van der Waals surface area contributed by atoms with E-state index in [1.54, 1.807) is 24.5 Å². The third kappa shape index (κ3) is 2.05. The number of fused-ring (bicyclic) bond motifs is 1. The standard InChI is InChI=1S/C15H13ClO3/c1-2-12-10(6-7-18-12)14(17)13-8-9-4-3-5-11(16)15(9)19-13/h3-8,14,17H,2H2,1H3. The highest BCUT2D eigenvalue weighted by atomic mass is 35.5. The predicted octanol–water partition coefficient (Wildman–Crippen LogP) is 4.32. The lowest BCUT2D eigenvalue weighted by molar-refractivity contribution is 0.190. The molecule has 19 heavy (non-hydrogen) atoms. The fraction of sp³-hybridized carbons (Fsp3) is 0.200. The van der Waals surface area contributed by atoms with Gasteiger partial charge in [0.25, 0.3) is 0 Å². The zero-order valence-electron chi connectivity index (χ0n) is 10.4. The number of hydrogen-bond acceptors (Lipinski definition) is 3. The molecule has 2 aromatic heterocycles. The van der Waals surface area contributed by atoms with Crippen LogP contribution in [-0.2, 0) is 6.42 Å². The van der Waals surface area contributed by atoms with Crippen LogP contribution >= 0.6 is 11.6 Å². The number of aliphatic hydroxyl groups is 1. The van der Waals surface area contributed by atoms with Crippen molar-refractivity contribution in [2.75, 3.05) is 0 Å². The van der Waals surface area contributed by atoms with E-state index in [0.29, 0.717) is 16.4 Å². The maximum atomic E-state index is 10.4. The Morgan fingerprint density at radius 2 is 2.16 bits per heavy atom. The van der Waals surface area contributed by atoms with Crippen molar-refractivity contribution in [2.45, 2.75) is 19.4 Å². The van der Waals surface area contributed by atoms with Gasteiger partial charge >= 0.3 is 0 Å². The molecule has 3 aromatic rings. The summed E-state index contributed by atoms with van der Waals surface area (Å²) in [6.07, 6.45) is 1.46. The van der Waals surface area contributed by atoms with Crippen molar-refractivity contribution in [2.24, 2.45) is 0 Å². The molecule has 1 unspecified atom stereocenters. The van der Waals surface area contributed by atoms with Crippen molar-refractivity contribution in [3.05, 3.63) is 58.7 Å². The smallest absolute Gasteiger partial charge is 0.153 e. The van der Waals surface area contributed by atoms with Gasteiger partial charge in [0.05, 0.1) is 11.3 Å². The monoisotopic (exact) mass is 276 g/mol.